The molecule has 0 aromatic heterocycles. The molecule has 0 aliphatic carbocycles. The molecule has 0 aliphatic heterocycles. The van der Waals surface area contributed by atoms with Gasteiger partial charge in [-0.15, -0.1) is 0 Å². The summed E-state index contributed by atoms with van der Waals surface area (Å²) >= 11 is 0. The van der Waals surface area contributed by atoms with Gasteiger partial charge in [0.05, 0.1) is 6.54 Å². The van der Waals surface area contributed by atoms with Crippen LogP contribution in [-0.4, -0.2) is 55.3 Å². The third kappa shape index (κ3) is 9.60. The zero-order valence-electron chi connectivity index (χ0n) is 20.7. The molecule has 0 saturated carbocycles. The number of rotatable bonds is 12. The van der Waals surface area contributed by atoms with Gasteiger partial charge in [0.1, 0.15) is 11.5 Å². The van der Waals surface area contributed by atoms with E-state index in [2.05, 4.69) is 28.6 Å². The van der Waals surface area contributed by atoms with Gasteiger partial charge in [0, 0.05) is 24.8 Å². The number of benzene rings is 3. The summed E-state index contributed by atoms with van der Waals surface area (Å²) < 4.78 is 5.78. The maximum Gasteiger partial charge on any atom is 0.238 e. The molecule has 0 bridgehead atoms. The first-order chi connectivity index (χ1) is 16.9. The number of para-hydroxylation sites is 1. The van der Waals surface area contributed by atoms with Crippen LogP contribution in [0.4, 0.5) is 11.4 Å². The van der Waals surface area contributed by atoms with Crippen LogP contribution < -0.4 is 15.4 Å². The molecule has 0 heterocycles. The molecule has 0 atom stereocenters. The highest BCUT2D eigenvalue weighted by molar-refractivity contribution is 5.92. The molecule has 0 spiro atoms. The summed E-state index contributed by atoms with van der Waals surface area (Å²) in [6.45, 7) is 4.34. The second-order valence-corrected chi connectivity index (χ2v) is 8.70. The quantitative estimate of drug-likeness (QED) is 0.393. The van der Waals surface area contributed by atoms with Crippen molar-refractivity contribution in [2.24, 2.45) is 0 Å². The molecular formula is C28H34N4O3. The lowest BCUT2D eigenvalue weighted by Crippen LogP contribution is -2.32. The van der Waals surface area contributed by atoms with Gasteiger partial charge in [0.2, 0.25) is 11.8 Å². The van der Waals surface area contributed by atoms with Crippen LogP contribution in [0.1, 0.15) is 18.9 Å². The Morgan fingerprint density at radius 1 is 0.771 bits per heavy atom. The van der Waals surface area contributed by atoms with Crippen molar-refractivity contribution in [1.29, 1.82) is 0 Å². The highest BCUT2D eigenvalue weighted by Crippen LogP contribution is 2.22. The lowest BCUT2D eigenvalue weighted by Gasteiger charge is -2.20. The molecule has 0 radical (unpaired) electrons. The average Bonchev–Trinajstić information content (AvgIpc) is 2.81. The highest BCUT2D eigenvalue weighted by atomic mass is 16.5. The number of nitrogens with one attached hydrogen (secondary N) is 2. The fourth-order valence-electron chi connectivity index (χ4n) is 3.71. The lowest BCUT2D eigenvalue weighted by molar-refractivity contribution is -0.117. The van der Waals surface area contributed by atoms with E-state index in [1.807, 2.05) is 84.7 Å². The molecule has 2 amide bonds. The van der Waals surface area contributed by atoms with Crippen molar-refractivity contribution in [1.82, 2.24) is 9.80 Å². The number of likely N-dealkylation sites (N-methyl/N-ethyl adjacent to an activating group) is 1. The zero-order valence-corrected chi connectivity index (χ0v) is 20.7. The van der Waals surface area contributed by atoms with E-state index in [0.717, 1.165) is 54.5 Å². The van der Waals surface area contributed by atoms with E-state index in [9.17, 15) is 9.59 Å². The molecule has 7 heteroatoms. The van der Waals surface area contributed by atoms with E-state index >= 15 is 0 Å². The van der Waals surface area contributed by atoms with Crippen molar-refractivity contribution in [3.05, 3.63) is 84.4 Å². The minimum Gasteiger partial charge on any atom is -0.457 e. The molecule has 7 nitrogen and oxygen atoms in total. The van der Waals surface area contributed by atoms with Gasteiger partial charge in [-0.2, -0.15) is 0 Å². The standard InChI is InChI=1S/C28H34N4O3/c1-22(33)29-25-10-7-9-23(19-25)20-31(2)17-8-18-32(3)21-28(34)30-24-13-15-27(16-14-24)35-26-11-5-4-6-12-26/h4-7,9-16,19H,8,17-18,20-21H2,1-3H3,(H,29,33)(H,30,34). The van der Waals surface area contributed by atoms with E-state index in [1.165, 1.54) is 6.92 Å². The number of anilines is 2. The largest absolute Gasteiger partial charge is 0.457 e. The molecule has 0 aliphatic rings. The van der Waals surface area contributed by atoms with Crippen molar-refractivity contribution in [2.45, 2.75) is 19.9 Å². The van der Waals surface area contributed by atoms with Crippen molar-refractivity contribution in [3.63, 3.8) is 0 Å². The number of nitrogens with zero attached hydrogens (tertiary/aromatic N) is 2. The first-order valence-electron chi connectivity index (χ1n) is 11.7. The van der Waals surface area contributed by atoms with Crippen LogP contribution in [0, 0.1) is 0 Å². The van der Waals surface area contributed by atoms with Crippen molar-refractivity contribution >= 4 is 23.2 Å². The number of hydrogen-bond donors (Lipinski definition) is 2. The molecule has 3 aromatic rings. The first kappa shape index (κ1) is 25.9. The second kappa shape index (κ2) is 13.3. The summed E-state index contributed by atoms with van der Waals surface area (Å²) in [4.78, 5) is 27.9. The molecule has 3 aromatic carbocycles. The fourth-order valence-corrected chi connectivity index (χ4v) is 3.71. The molecule has 35 heavy (non-hydrogen) atoms. The Balaban J connectivity index is 1.35. The smallest absolute Gasteiger partial charge is 0.238 e. The summed E-state index contributed by atoms with van der Waals surface area (Å²) in [7, 11) is 4.02. The van der Waals surface area contributed by atoms with Gasteiger partial charge < -0.3 is 20.3 Å². The van der Waals surface area contributed by atoms with Crippen LogP contribution in [0.15, 0.2) is 78.9 Å². The minimum atomic E-state index is -0.0725. The molecule has 3 rings (SSSR count). The Hall–Kier alpha value is -3.68. The Labute approximate surface area is 207 Å². The molecule has 0 fully saturated rings. The van der Waals surface area contributed by atoms with Gasteiger partial charge >= 0.3 is 0 Å². The van der Waals surface area contributed by atoms with Crippen molar-refractivity contribution in [3.8, 4) is 11.5 Å². The molecule has 184 valence electrons. The Bertz CT molecular complexity index is 1090. The van der Waals surface area contributed by atoms with Crippen LogP contribution in [-0.2, 0) is 16.1 Å². The van der Waals surface area contributed by atoms with Crippen LogP contribution in [0.25, 0.3) is 0 Å². The van der Waals surface area contributed by atoms with Crippen LogP contribution in [0.2, 0.25) is 0 Å². The van der Waals surface area contributed by atoms with E-state index in [4.69, 9.17) is 4.74 Å². The van der Waals surface area contributed by atoms with Gasteiger partial charge in [-0.05, 0) is 87.7 Å². The van der Waals surface area contributed by atoms with Crippen LogP contribution in [0.3, 0.4) is 0 Å². The lowest BCUT2D eigenvalue weighted by atomic mass is 10.2. The van der Waals surface area contributed by atoms with Crippen LogP contribution in [0.5, 0.6) is 11.5 Å². The van der Waals surface area contributed by atoms with E-state index in [0.29, 0.717) is 6.54 Å². The Morgan fingerprint density at radius 3 is 2.17 bits per heavy atom. The van der Waals surface area contributed by atoms with Gasteiger partial charge in [0.25, 0.3) is 0 Å². The van der Waals surface area contributed by atoms with Gasteiger partial charge in [-0.3, -0.25) is 14.5 Å². The summed E-state index contributed by atoms with van der Waals surface area (Å²) in [5, 5.41) is 5.75. The summed E-state index contributed by atoms with van der Waals surface area (Å²) in [6, 6.07) is 24.8. The topological polar surface area (TPSA) is 73.9 Å². The third-order valence-electron chi connectivity index (χ3n) is 5.31. The minimum absolute atomic E-state index is 0.0487. The summed E-state index contributed by atoms with van der Waals surface area (Å²) in [5.74, 6) is 1.37. The van der Waals surface area contributed by atoms with E-state index < -0.39 is 0 Å². The van der Waals surface area contributed by atoms with E-state index in [-0.39, 0.29) is 11.8 Å². The van der Waals surface area contributed by atoms with Crippen LogP contribution >= 0.6 is 0 Å². The van der Waals surface area contributed by atoms with Crippen molar-refractivity contribution in [2.75, 3.05) is 44.4 Å². The highest BCUT2D eigenvalue weighted by Gasteiger charge is 2.09. The fraction of sp³-hybridized carbons (Fsp3) is 0.286. The second-order valence-electron chi connectivity index (χ2n) is 8.70. The molecular weight excluding hydrogens is 440 g/mol. The maximum absolute atomic E-state index is 12.4. The van der Waals surface area contributed by atoms with Gasteiger partial charge in [-0.25, -0.2) is 0 Å². The summed E-state index contributed by atoms with van der Waals surface area (Å²) in [6.07, 6.45) is 0.942. The number of carbonyl (C=O) groups is 2. The predicted molar refractivity (Wildman–Crippen MR) is 141 cm³/mol. The van der Waals surface area contributed by atoms with Gasteiger partial charge in [0.15, 0.2) is 0 Å². The number of ether oxygens (including phenoxy) is 1. The molecule has 2 N–H and O–H groups in total. The monoisotopic (exact) mass is 474 g/mol. The normalized spacial score (nSPS) is 10.9. The predicted octanol–water partition coefficient (Wildman–Crippen LogP) is 4.83. The summed E-state index contributed by atoms with van der Waals surface area (Å²) in [5.41, 5.74) is 2.70. The third-order valence-corrected chi connectivity index (χ3v) is 5.31. The average molecular weight is 475 g/mol. The number of amides is 2. The van der Waals surface area contributed by atoms with E-state index in [1.54, 1.807) is 0 Å². The number of hydrogen-bond acceptors (Lipinski definition) is 5. The first-order valence-corrected chi connectivity index (χ1v) is 11.7. The molecule has 0 unspecified atom stereocenters. The maximum atomic E-state index is 12.4. The Morgan fingerprint density at radius 2 is 1.46 bits per heavy atom. The SMILES string of the molecule is CC(=O)Nc1cccc(CN(C)CCCN(C)CC(=O)Nc2ccc(Oc3ccccc3)cc2)c1. The zero-order chi connectivity index (χ0) is 25.0. The van der Waals surface area contributed by atoms with Gasteiger partial charge in [-0.1, -0.05) is 30.3 Å². The molecule has 0 saturated heterocycles. The van der Waals surface area contributed by atoms with Crippen molar-refractivity contribution < 1.29 is 14.3 Å². The number of carbonyl (C=O) groups excluding carboxylic acids is 2. The Kier molecular flexibility index (Phi) is 9.83.